The van der Waals surface area contributed by atoms with Gasteiger partial charge in [-0.1, -0.05) is 12.8 Å². The molecule has 19 heavy (non-hydrogen) atoms. The van der Waals surface area contributed by atoms with Crippen molar-refractivity contribution in [2.45, 2.75) is 32.1 Å². The molecule has 0 aromatic heterocycles. The number of hydrogen-bond donors (Lipinski definition) is 2. The van der Waals surface area contributed by atoms with E-state index < -0.39 is 5.97 Å². The highest BCUT2D eigenvalue weighted by molar-refractivity contribution is 9.10. The number of anilines is 1. The Labute approximate surface area is 121 Å². The lowest BCUT2D eigenvalue weighted by atomic mass is 10.1. The van der Waals surface area contributed by atoms with Crippen LogP contribution >= 0.6 is 15.9 Å². The lowest BCUT2D eigenvalue weighted by Crippen LogP contribution is -2.02. The maximum absolute atomic E-state index is 10.3. The van der Waals surface area contributed by atoms with Crippen molar-refractivity contribution in [3.05, 3.63) is 28.2 Å². The minimum atomic E-state index is -0.722. The lowest BCUT2D eigenvalue weighted by molar-refractivity contribution is -0.137. The maximum atomic E-state index is 10.3. The van der Waals surface area contributed by atoms with Crippen LogP contribution in [0.25, 0.3) is 0 Å². The molecule has 102 valence electrons. The number of benzene rings is 1. The van der Waals surface area contributed by atoms with Crippen LogP contribution in [0, 0.1) is 11.3 Å². The van der Waals surface area contributed by atoms with Crippen molar-refractivity contribution in [3.63, 3.8) is 0 Å². The number of carboxylic acids is 1. The van der Waals surface area contributed by atoms with E-state index in [-0.39, 0.29) is 6.42 Å². The Bertz CT molecular complexity index is 469. The Morgan fingerprint density at radius 3 is 2.68 bits per heavy atom. The predicted molar refractivity (Wildman–Crippen MR) is 78.1 cm³/mol. The van der Waals surface area contributed by atoms with Crippen LogP contribution in [0.1, 0.15) is 37.7 Å². The van der Waals surface area contributed by atoms with Gasteiger partial charge in [-0.3, -0.25) is 4.79 Å². The number of nitrogens with one attached hydrogen (secondary N) is 1. The first-order chi connectivity index (χ1) is 9.13. The monoisotopic (exact) mass is 324 g/mol. The number of rotatable bonds is 8. The fourth-order valence-corrected chi connectivity index (χ4v) is 2.17. The second kappa shape index (κ2) is 8.54. The Morgan fingerprint density at radius 1 is 1.32 bits per heavy atom. The van der Waals surface area contributed by atoms with Gasteiger partial charge in [0.15, 0.2) is 0 Å². The summed E-state index contributed by atoms with van der Waals surface area (Å²) < 4.78 is 0.793. The average Bonchev–Trinajstić information content (AvgIpc) is 2.37. The normalized spacial score (nSPS) is 9.89. The molecule has 0 fully saturated rings. The van der Waals surface area contributed by atoms with Gasteiger partial charge in [-0.2, -0.15) is 5.26 Å². The average molecular weight is 325 g/mol. The van der Waals surface area contributed by atoms with E-state index in [2.05, 4.69) is 27.3 Å². The summed E-state index contributed by atoms with van der Waals surface area (Å²) in [5.74, 6) is -0.722. The quantitative estimate of drug-likeness (QED) is 0.714. The molecule has 0 aliphatic rings. The van der Waals surface area contributed by atoms with Gasteiger partial charge in [0.2, 0.25) is 0 Å². The first-order valence-electron chi connectivity index (χ1n) is 6.29. The molecule has 0 aliphatic heterocycles. The molecule has 5 heteroatoms. The Hall–Kier alpha value is -1.54. The molecule has 0 aliphatic carbocycles. The molecule has 1 aromatic carbocycles. The summed E-state index contributed by atoms with van der Waals surface area (Å²) in [5.41, 5.74) is 1.61. The molecule has 0 saturated carbocycles. The highest BCUT2D eigenvalue weighted by Gasteiger charge is 2.00. The van der Waals surface area contributed by atoms with E-state index >= 15 is 0 Å². The summed E-state index contributed by atoms with van der Waals surface area (Å²) in [7, 11) is 0. The number of unbranched alkanes of at least 4 members (excludes halogenated alkanes) is 3. The van der Waals surface area contributed by atoms with Crippen molar-refractivity contribution in [3.8, 4) is 6.07 Å². The van der Waals surface area contributed by atoms with E-state index in [1.165, 1.54) is 0 Å². The van der Waals surface area contributed by atoms with Gasteiger partial charge in [-0.25, -0.2) is 0 Å². The molecule has 0 heterocycles. The van der Waals surface area contributed by atoms with Crippen molar-refractivity contribution < 1.29 is 9.90 Å². The Kier molecular flexibility index (Phi) is 6.98. The zero-order valence-electron chi connectivity index (χ0n) is 10.7. The maximum Gasteiger partial charge on any atom is 0.303 e. The van der Waals surface area contributed by atoms with Crippen molar-refractivity contribution in [1.29, 1.82) is 5.26 Å². The molecule has 4 nitrogen and oxygen atoms in total. The topological polar surface area (TPSA) is 73.1 Å². The van der Waals surface area contributed by atoms with Crippen molar-refractivity contribution in [2.75, 3.05) is 11.9 Å². The number of carboxylic acid groups (broad SMARTS) is 1. The number of nitriles is 1. The van der Waals surface area contributed by atoms with Gasteiger partial charge in [0, 0.05) is 23.1 Å². The van der Waals surface area contributed by atoms with Crippen LogP contribution < -0.4 is 5.32 Å². The summed E-state index contributed by atoms with van der Waals surface area (Å²) >= 11 is 3.35. The smallest absolute Gasteiger partial charge is 0.303 e. The second-order valence-corrected chi connectivity index (χ2v) is 5.15. The Balaban J connectivity index is 2.18. The van der Waals surface area contributed by atoms with E-state index in [0.717, 1.165) is 42.4 Å². The molecule has 0 spiro atoms. The molecule has 0 atom stereocenters. The molecule has 0 unspecified atom stereocenters. The molecular formula is C14H17BrN2O2. The van der Waals surface area contributed by atoms with Gasteiger partial charge in [0.05, 0.1) is 5.56 Å². The van der Waals surface area contributed by atoms with Gasteiger partial charge in [0.1, 0.15) is 6.07 Å². The number of hydrogen-bond acceptors (Lipinski definition) is 3. The number of nitrogens with zero attached hydrogens (tertiary/aromatic N) is 1. The van der Waals surface area contributed by atoms with Gasteiger partial charge in [-0.05, 0) is 47.0 Å². The van der Waals surface area contributed by atoms with Gasteiger partial charge < -0.3 is 10.4 Å². The molecule has 0 saturated heterocycles. The third-order valence-corrected chi connectivity index (χ3v) is 3.39. The van der Waals surface area contributed by atoms with Gasteiger partial charge >= 0.3 is 5.97 Å². The Morgan fingerprint density at radius 2 is 2.05 bits per heavy atom. The predicted octanol–water partition coefficient (Wildman–Crippen LogP) is 3.77. The molecule has 2 N–H and O–H groups in total. The minimum Gasteiger partial charge on any atom is -0.481 e. The third-order valence-electron chi connectivity index (χ3n) is 2.74. The van der Waals surface area contributed by atoms with E-state index in [1.54, 1.807) is 6.07 Å². The molecule has 0 radical (unpaired) electrons. The van der Waals surface area contributed by atoms with E-state index in [9.17, 15) is 4.79 Å². The zero-order chi connectivity index (χ0) is 14.1. The third kappa shape index (κ3) is 6.25. The molecule has 0 bridgehead atoms. The largest absolute Gasteiger partial charge is 0.481 e. The van der Waals surface area contributed by atoms with Crippen LogP contribution in [0.15, 0.2) is 22.7 Å². The van der Waals surface area contributed by atoms with Gasteiger partial charge in [-0.15, -0.1) is 0 Å². The van der Waals surface area contributed by atoms with Crippen LogP contribution in [0.5, 0.6) is 0 Å². The van der Waals surface area contributed by atoms with Crippen LogP contribution in [-0.4, -0.2) is 17.6 Å². The first kappa shape index (κ1) is 15.5. The molecular weight excluding hydrogens is 308 g/mol. The highest BCUT2D eigenvalue weighted by atomic mass is 79.9. The fourth-order valence-electron chi connectivity index (χ4n) is 1.70. The fraction of sp³-hybridized carbons (Fsp3) is 0.429. The lowest BCUT2D eigenvalue weighted by Gasteiger charge is -2.07. The standard InChI is InChI=1S/C14H17BrN2O2/c15-13-9-12(7-6-11(13)10-16)17-8-4-2-1-3-5-14(18)19/h6-7,9,17H,1-5,8H2,(H,18,19). The molecule has 1 aromatic rings. The van der Waals surface area contributed by atoms with Crippen molar-refractivity contribution in [2.24, 2.45) is 0 Å². The van der Waals surface area contributed by atoms with E-state index in [0.29, 0.717) is 5.56 Å². The highest BCUT2D eigenvalue weighted by Crippen LogP contribution is 2.20. The van der Waals surface area contributed by atoms with E-state index in [4.69, 9.17) is 10.4 Å². The van der Waals surface area contributed by atoms with Crippen LogP contribution in [0.2, 0.25) is 0 Å². The number of aliphatic carboxylic acids is 1. The van der Waals surface area contributed by atoms with Crippen LogP contribution in [0.3, 0.4) is 0 Å². The summed E-state index contributed by atoms with van der Waals surface area (Å²) in [6, 6.07) is 7.65. The summed E-state index contributed by atoms with van der Waals surface area (Å²) in [5, 5.41) is 20.6. The number of carbonyl (C=O) groups is 1. The summed E-state index contributed by atoms with van der Waals surface area (Å²) in [4.78, 5) is 10.3. The minimum absolute atomic E-state index is 0.260. The van der Waals surface area contributed by atoms with Crippen LogP contribution in [0.4, 0.5) is 5.69 Å². The first-order valence-corrected chi connectivity index (χ1v) is 7.08. The van der Waals surface area contributed by atoms with Gasteiger partial charge in [0.25, 0.3) is 0 Å². The number of halogens is 1. The van der Waals surface area contributed by atoms with Crippen molar-refractivity contribution >= 4 is 27.6 Å². The molecule has 1 rings (SSSR count). The van der Waals surface area contributed by atoms with E-state index in [1.807, 2.05) is 12.1 Å². The van der Waals surface area contributed by atoms with Crippen LogP contribution in [-0.2, 0) is 4.79 Å². The summed E-state index contributed by atoms with van der Waals surface area (Å²) in [6.45, 7) is 0.853. The SMILES string of the molecule is N#Cc1ccc(NCCCCCCC(=O)O)cc1Br. The van der Waals surface area contributed by atoms with Crippen molar-refractivity contribution in [1.82, 2.24) is 0 Å². The molecule has 0 amide bonds. The summed E-state index contributed by atoms with van der Waals surface area (Å²) in [6.07, 6.45) is 3.99. The second-order valence-electron chi connectivity index (χ2n) is 4.29. The zero-order valence-corrected chi connectivity index (χ0v) is 12.2.